The molecule has 170 valence electrons. The number of benzene rings is 2. The predicted octanol–water partition coefficient (Wildman–Crippen LogP) is 5.23. The van der Waals surface area contributed by atoms with Crippen LogP contribution in [-0.4, -0.2) is 10.5 Å². The highest BCUT2D eigenvalue weighted by Crippen LogP contribution is 2.32. The third-order valence-corrected chi connectivity index (χ3v) is 5.79. The van der Waals surface area contributed by atoms with E-state index in [0.717, 1.165) is 22.8 Å². The number of hydrogen-bond donors (Lipinski definition) is 1. The molecular formula is C21H16F6N2O2S. The number of amides is 1. The molecule has 0 fully saturated rings. The van der Waals surface area contributed by atoms with Crippen LogP contribution in [0, 0.1) is 6.92 Å². The summed E-state index contributed by atoms with van der Waals surface area (Å²) >= 11 is 0.574. The summed E-state index contributed by atoms with van der Waals surface area (Å²) in [6.45, 7) is 0.854. The first-order valence-electron chi connectivity index (χ1n) is 9.17. The average Bonchev–Trinajstić information content (AvgIpc) is 2.99. The summed E-state index contributed by atoms with van der Waals surface area (Å²) in [6, 6.07) is 9.24. The third-order valence-electron chi connectivity index (χ3n) is 4.71. The second-order valence-electron chi connectivity index (χ2n) is 6.90. The number of aromatic nitrogens is 1. The van der Waals surface area contributed by atoms with Crippen molar-refractivity contribution in [3.05, 3.63) is 91.0 Å². The Hall–Kier alpha value is -3.08. The molecule has 0 spiro atoms. The molecule has 1 aromatic heterocycles. The van der Waals surface area contributed by atoms with E-state index in [4.69, 9.17) is 0 Å². The molecule has 0 bridgehead atoms. The Balaban J connectivity index is 1.80. The average molecular weight is 474 g/mol. The van der Waals surface area contributed by atoms with Gasteiger partial charge in [-0.1, -0.05) is 41.7 Å². The molecule has 11 heteroatoms. The van der Waals surface area contributed by atoms with Crippen molar-refractivity contribution in [2.45, 2.75) is 32.4 Å². The van der Waals surface area contributed by atoms with Crippen molar-refractivity contribution in [2.24, 2.45) is 0 Å². The van der Waals surface area contributed by atoms with Crippen LogP contribution in [0.3, 0.4) is 0 Å². The van der Waals surface area contributed by atoms with Gasteiger partial charge in [0.1, 0.15) is 4.88 Å². The summed E-state index contributed by atoms with van der Waals surface area (Å²) in [6.07, 6.45) is -9.13. The molecule has 3 aromatic rings. The summed E-state index contributed by atoms with van der Waals surface area (Å²) in [5.41, 5.74) is -1.46. The number of halogens is 6. The zero-order valence-electron chi connectivity index (χ0n) is 16.5. The minimum Gasteiger partial charge on any atom is -0.347 e. The van der Waals surface area contributed by atoms with E-state index in [0.29, 0.717) is 11.3 Å². The van der Waals surface area contributed by atoms with Crippen molar-refractivity contribution in [3.8, 4) is 0 Å². The molecule has 0 aliphatic carbocycles. The van der Waals surface area contributed by atoms with Gasteiger partial charge in [0, 0.05) is 12.2 Å². The fourth-order valence-electron chi connectivity index (χ4n) is 3.10. The van der Waals surface area contributed by atoms with E-state index in [2.05, 4.69) is 5.32 Å². The van der Waals surface area contributed by atoms with E-state index >= 15 is 0 Å². The number of carbonyl (C=O) groups is 1. The second kappa shape index (κ2) is 8.81. The number of nitrogens with one attached hydrogen (secondary N) is 1. The van der Waals surface area contributed by atoms with E-state index in [-0.39, 0.29) is 28.2 Å². The molecule has 0 atom stereocenters. The Morgan fingerprint density at radius 3 is 2.34 bits per heavy atom. The molecule has 3 rings (SSSR count). The van der Waals surface area contributed by atoms with Crippen LogP contribution in [0.4, 0.5) is 26.3 Å². The Kier molecular flexibility index (Phi) is 6.49. The quantitative estimate of drug-likeness (QED) is 0.515. The SMILES string of the molecule is Cc1c(C(=O)NCc2ccccc2C(F)(F)F)sc(=O)n1Cc1cccc(C(F)(F)F)c1. The van der Waals surface area contributed by atoms with Gasteiger partial charge in [0.15, 0.2) is 0 Å². The van der Waals surface area contributed by atoms with Gasteiger partial charge in [0.2, 0.25) is 0 Å². The maximum atomic E-state index is 13.1. The number of thiazole rings is 1. The molecule has 0 aliphatic rings. The van der Waals surface area contributed by atoms with Gasteiger partial charge in [0.25, 0.3) is 5.91 Å². The number of alkyl halides is 6. The van der Waals surface area contributed by atoms with Gasteiger partial charge in [-0.05, 0) is 36.2 Å². The lowest BCUT2D eigenvalue weighted by Gasteiger charge is -2.13. The lowest BCUT2D eigenvalue weighted by atomic mass is 10.1. The van der Waals surface area contributed by atoms with E-state index < -0.39 is 40.8 Å². The highest BCUT2D eigenvalue weighted by molar-refractivity contribution is 7.11. The molecule has 0 radical (unpaired) electrons. The number of nitrogens with zero attached hydrogens (tertiary/aromatic N) is 1. The molecule has 4 nitrogen and oxygen atoms in total. The van der Waals surface area contributed by atoms with Crippen LogP contribution in [0.5, 0.6) is 0 Å². The first-order chi connectivity index (χ1) is 14.9. The van der Waals surface area contributed by atoms with Crippen molar-refractivity contribution in [3.63, 3.8) is 0 Å². The van der Waals surface area contributed by atoms with Gasteiger partial charge < -0.3 is 5.32 Å². The molecule has 0 aliphatic heterocycles. The van der Waals surface area contributed by atoms with Crippen LogP contribution in [0.2, 0.25) is 0 Å². The normalized spacial score (nSPS) is 12.1. The van der Waals surface area contributed by atoms with E-state index in [1.165, 1.54) is 37.3 Å². The maximum absolute atomic E-state index is 13.1. The van der Waals surface area contributed by atoms with Crippen molar-refractivity contribution >= 4 is 17.2 Å². The third kappa shape index (κ3) is 5.21. The van der Waals surface area contributed by atoms with E-state index in [1.54, 1.807) is 0 Å². The van der Waals surface area contributed by atoms with Crippen molar-refractivity contribution in [1.29, 1.82) is 0 Å². The summed E-state index contributed by atoms with van der Waals surface area (Å²) in [5.74, 6) is -0.746. The fourth-order valence-corrected chi connectivity index (χ4v) is 4.01. The molecule has 0 unspecified atom stereocenters. The van der Waals surface area contributed by atoms with Gasteiger partial charge in [-0.25, -0.2) is 0 Å². The zero-order valence-corrected chi connectivity index (χ0v) is 17.3. The van der Waals surface area contributed by atoms with Crippen molar-refractivity contribution in [1.82, 2.24) is 9.88 Å². The van der Waals surface area contributed by atoms with Gasteiger partial charge in [-0.3, -0.25) is 14.2 Å². The molecule has 32 heavy (non-hydrogen) atoms. The van der Waals surface area contributed by atoms with E-state index in [1.807, 2.05) is 0 Å². The Labute approximate surface area is 182 Å². The molecule has 0 saturated heterocycles. The molecule has 2 aromatic carbocycles. The topological polar surface area (TPSA) is 51.1 Å². The second-order valence-corrected chi connectivity index (χ2v) is 7.87. The lowest BCUT2D eigenvalue weighted by molar-refractivity contribution is -0.138. The summed E-state index contributed by atoms with van der Waals surface area (Å²) in [5, 5.41) is 2.37. The predicted molar refractivity (Wildman–Crippen MR) is 106 cm³/mol. The Morgan fingerprint density at radius 1 is 1.00 bits per heavy atom. The van der Waals surface area contributed by atoms with Crippen LogP contribution >= 0.6 is 11.3 Å². The van der Waals surface area contributed by atoms with Crippen molar-refractivity contribution in [2.75, 3.05) is 0 Å². The fraction of sp³-hybridized carbons (Fsp3) is 0.238. The smallest absolute Gasteiger partial charge is 0.347 e. The molecular weight excluding hydrogens is 458 g/mol. The number of rotatable bonds is 5. The highest BCUT2D eigenvalue weighted by Gasteiger charge is 2.33. The minimum atomic E-state index is -4.59. The first kappa shape index (κ1) is 23.6. The number of hydrogen-bond acceptors (Lipinski definition) is 3. The van der Waals surface area contributed by atoms with Crippen LogP contribution in [0.25, 0.3) is 0 Å². The van der Waals surface area contributed by atoms with Gasteiger partial charge in [-0.15, -0.1) is 0 Å². The standard InChI is InChI=1S/C21H16F6N2O2S/c1-12-17(18(30)28-10-14-6-2-3-8-16(14)21(25,26)27)32-19(31)29(12)11-13-5-4-7-15(9-13)20(22,23)24/h2-9H,10-11H2,1H3,(H,28,30). The van der Waals surface area contributed by atoms with Gasteiger partial charge in [-0.2, -0.15) is 26.3 Å². The maximum Gasteiger partial charge on any atom is 0.416 e. The van der Waals surface area contributed by atoms with Crippen LogP contribution in [-0.2, 0) is 25.4 Å². The molecule has 1 heterocycles. The van der Waals surface area contributed by atoms with Crippen LogP contribution in [0.1, 0.15) is 37.6 Å². The monoisotopic (exact) mass is 474 g/mol. The van der Waals surface area contributed by atoms with Crippen LogP contribution in [0.15, 0.2) is 53.3 Å². The number of carbonyl (C=O) groups excluding carboxylic acids is 1. The Morgan fingerprint density at radius 2 is 1.69 bits per heavy atom. The Bertz CT molecular complexity index is 1190. The summed E-state index contributed by atoms with van der Waals surface area (Å²) in [4.78, 5) is 24.3. The highest BCUT2D eigenvalue weighted by atomic mass is 32.1. The lowest BCUT2D eigenvalue weighted by Crippen LogP contribution is -2.24. The van der Waals surface area contributed by atoms with Gasteiger partial charge >= 0.3 is 17.2 Å². The molecule has 1 N–H and O–H groups in total. The molecule has 0 saturated carbocycles. The van der Waals surface area contributed by atoms with Gasteiger partial charge in [0.05, 0.1) is 17.7 Å². The first-order valence-corrected chi connectivity index (χ1v) is 9.99. The minimum absolute atomic E-state index is 0.0218. The summed E-state index contributed by atoms with van der Waals surface area (Å²) in [7, 11) is 0. The zero-order chi connectivity index (χ0) is 23.7. The van der Waals surface area contributed by atoms with Crippen LogP contribution < -0.4 is 10.2 Å². The largest absolute Gasteiger partial charge is 0.416 e. The molecule has 1 amide bonds. The van der Waals surface area contributed by atoms with Crippen molar-refractivity contribution < 1.29 is 31.1 Å². The van der Waals surface area contributed by atoms with E-state index in [9.17, 15) is 35.9 Å². The summed E-state index contributed by atoms with van der Waals surface area (Å²) < 4.78 is 79.2.